The molecule has 3 rings (SSSR count). The van der Waals surface area contributed by atoms with E-state index in [9.17, 15) is 12.8 Å². The van der Waals surface area contributed by atoms with Crippen molar-refractivity contribution in [1.82, 2.24) is 4.98 Å². The van der Waals surface area contributed by atoms with E-state index in [1.165, 1.54) is 43.6 Å². The summed E-state index contributed by atoms with van der Waals surface area (Å²) in [5.41, 5.74) is 0.909. The largest absolute Gasteiger partial charge is 0.494 e. The van der Waals surface area contributed by atoms with Gasteiger partial charge in [-0.25, -0.2) is 17.8 Å². The highest BCUT2D eigenvalue weighted by Crippen LogP contribution is 2.33. The van der Waals surface area contributed by atoms with Gasteiger partial charge in [-0.1, -0.05) is 44.5 Å². The molecule has 0 radical (unpaired) electrons. The van der Waals surface area contributed by atoms with Crippen LogP contribution in [0.3, 0.4) is 0 Å². The van der Waals surface area contributed by atoms with Gasteiger partial charge in [0.15, 0.2) is 11.6 Å². The number of aromatic nitrogens is 1. The van der Waals surface area contributed by atoms with Gasteiger partial charge in [0.2, 0.25) is 5.88 Å². The van der Waals surface area contributed by atoms with Crippen molar-refractivity contribution in [1.29, 1.82) is 0 Å². The van der Waals surface area contributed by atoms with Crippen molar-refractivity contribution in [3.8, 4) is 17.4 Å². The summed E-state index contributed by atoms with van der Waals surface area (Å²) in [4.78, 5) is 4.11. The van der Waals surface area contributed by atoms with E-state index < -0.39 is 15.8 Å². The highest BCUT2D eigenvalue weighted by atomic mass is 35.5. The van der Waals surface area contributed by atoms with E-state index in [4.69, 9.17) is 21.1 Å². The van der Waals surface area contributed by atoms with Crippen molar-refractivity contribution in [3.05, 3.63) is 71.1 Å². The van der Waals surface area contributed by atoms with Crippen LogP contribution in [0, 0.1) is 5.82 Å². The molecule has 164 valence electrons. The standard InChI is InChI=1S/C22H22ClFN2O4S/c1-22(2,3)14-5-8-17(9-6-14)31(27,28)26-19-11-15(23)13-25-21(19)30-16-7-10-20(29-4)18(24)12-16/h5-13,26H,1-4H3. The van der Waals surface area contributed by atoms with Crippen LogP contribution in [0.15, 0.2) is 59.6 Å². The number of methoxy groups -OCH3 is 1. The number of pyridine rings is 1. The van der Waals surface area contributed by atoms with E-state index in [0.29, 0.717) is 0 Å². The molecule has 0 aliphatic rings. The van der Waals surface area contributed by atoms with Crippen LogP contribution in [-0.2, 0) is 15.4 Å². The molecular weight excluding hydrogens is 443 g/mol. The maximum Gasteiger partial charge on any atom is 0.262 e. The van der Waals surface area contributed by atoms with Gasteiger partial charge in [-0.05, 0) is 41.3 Å². The van der Waals surface area contributed by atoms with Crippen molar-refractivity contribution < 1.29 is 22.3 Å². The predicted molar refractivity (Wildman–Crippen MR) is 118 cm³/mol. The van der Waals surface area contributed by atoms with Crippen LogP contribution in [0.1, 0.15) is 26.3 Å². The Balaban J connectivity index is 1.90. The molecule has 1 heterocycles. The summed E-state index contributed by atoms with van der Waals surface area (Å²) < 4.78 is 52.7. The van der Waals surface area contributed by atoms with Gasteiger partial charge < -0.3 is 9.47 Å². The summed E-state index contributed by atoms with van der Waals surface area (Å²) in [6, 6.07) is 11.9. The minimum atomic E-state index is -3.95. The lowest BCUT2D eigenvalue weighted by Crippen LogP contribution is -2.15. The number of halogens is 2. The molecule has 0 amide bonds. The van der Waals surface area contributed by atoms with Gasteiger partial charge in [0.05, 0.1) is 17.0 Å². The van der Waals surface area contributed by atoms with Crippen molar-refractivity contribution in [2.24, 2.45) is 0 Å². The molecular formula is C22H22ClFN2O4S. The molecule has 3 aromatic rings. The average Bonchev–Trinajstić information content (AvgIpc) is 2.69. The first-order valence-electron chi connectivity index (χ1n) is 9.30. The SMILES string of the molecule is COc1ccc(Oc2ncc(Cl)cc2NS(=O)(=O)c2ccc(C(C)(C)C)cc2)cc1F. The fourth-order valence-corrected chi connectivity index (χ4v) is 3.95. The third-order valence-electron chi connectivity index (χ3n) is 4.43. The van der Waals surface area contributed by atoms with E-state index in [1.54, 1.807) is 12.1 Å². The van der Waals surface area contributed by atoms with Crippen LogP contribution >= 0.6 is 11.6 Å². The molecule has 0 saturated heterocycles. The number of sulfonamides is 1. The molecule has 6 nitrogen and oxygen atoms in total. The first-order chi connectivity index (χ1) is 14.5. The Kier molecular flexibility index (Phi) is 6.43. The Morgan fingerprint density at radius 2 is 1.74 bits per heavy atom. The maximum absolute atomic E-state index is 14.0. The summed E-state index contributed by atoms with van der Waals surface area (Å²) in [7, 11) is -2.60. The van der Waals surface area contributed by atoms with Gasteiger partial charge >= 0.3 is 0 Å². The van der Waals surface area contributed by atoms with Crippen LogP contribution in [0.25, 0.3) is 0 Å². The number of hydrogen-bond donors (Lipinski definition) is 1. The number of ether oxygens (including phenoxy) is 2. The van der Waals surface area contributed by atoms with Crippen molar-refractivity contribution >= 4 is 27.3 Å². The molecule has 1 N–H and O–H groups in total. The molecule has 0 saturated carbocycles. The van der Waals surface area contributed by atoms with E-state index in [1.807, 2.05) is 20.8 Å². The predicted octanol–water partition coefficient (Wildman–Crippen LogP) is 5.77. The number of rotatable bonds is 6. The summed E-state index contributed by atoms with van der Waals surface area (Å²) in [5, 5.41) is 0.203. The Labute approximate surface area is 186 Å². The Morgan fingerprint density at radius 1 is 1.06 bits per heavy atom. The zero-order chi connectivity index (χ0) is 22.8. The zero-order valence-electron chi connectivity index (χ0n) is 17.4. The lowest BCUT2D eigenvalue weighted by molar-refractivity contribution is 0.382. The normalized spacial score (nSPS) is 11.8. The van der Waals surface area contributed by atoms with E-state index >= 15 is 0 Å². The minimum Gasteiger partial charge on any atom is -0.494 e. The van der Waals surface area contributed by atoms with Gasteiger partial charge in [0.25, 0.3) is 10.0 Å². The highest BCUT2D eigenvalue weighted by Gasteiger charge is 2.20. The van der Waals surface area contributed by atoms with Gasteiger partial charge in [0.1, 0.15) is 11.4 Å². The molecule has 0 bridgehead atoms. The topological polar surface area (TPSA) is 77.5 Å². The summed E-state index contributed by atoms with van der Waals surface area (Å²) in [6.07, 6.45) is 1.30. The number of benzene rings is 2. The molecule has 0 atom stereocenters. The lowest BCUT2D eigenvalue weighted by atomic mass is 9.87. The van der Waals surface area contributed by atoms with E-state index in [-0.39, 0.29) is 38.4 Å². The minimum absolute atomic E-state index is 0.0172. The summed E-state index contributed by atoms with van der Waals surface area (Å²) in [5.74, 6) is -0.543. The molecule has 9 heteroatoms. The van der Waals surface area contributed by atoms with Crippen LogP contribution in [0.5, 0.6) is 17.4 Å². The molecule has 0 aliphatic carbocycles. The average molecular weight is 465 g/mol. The number of anilines is 1. The van der Waals surface area contributed by atoms with Crippen molar-refractivity contribution in [3.63, 3.8) is 0 Å². The Bertz CT molecular complexity index is 1190. The van der Waals surface area contributed by atoms with E-state index in [0.717, 1.165) is 11.6 Å². The number of nitrogens with zero attached hydrogens (tertiary/aromatic N) is 1. The van der Waals surface area contributed by atoms with Crippen LogP contribution in [0.4, 0.5) is 10.1 Å². The quantitative estimate of drug-likeness (QED) is 0.500. The molecule has 0 fully saturated rings. The van der Waals surface area contributed by atoms with Crippen molar-refractivity contribution in [2.45, 2.75) is 31.1 Å². The Morgan fingerprint density at radius 3 is 2.32 bits per heavy atom. The molecule has 31 heavy (non-hydrogen) atoms. The van der Waals surface area contributed by atoms with Gasteiger partial charge in [0, 0.05) is 12.3 Å². The van der Waals surface area contributed by atoms with Gasteiger partial charge in [-0.3, -0.25) is 4.72 Å². The molecule has 2 aromatic carbocycles. The first kappa shape index (κ1) is 22.8. The smallest absolute Gasteiger partial charge is 0.262 e. The Hall–Kier alpha value is -2.84. The van der Waals surface area contributed by atoms with Crippen LogP contribution in [0.2, 0.25) is 5.02 Å². The third kappa shape index (κ3) is 5.45. The second-order valence-corrected chi connectivity index (χ2v) is 9.90. The molecule has 0 unspecified atom stereocenters. The fraction of sp³-hybridized carbons (Fsp3) is 0.227. The fourth-order valence-electron chi connectivity index (χ4n) is 2.74. The van der Waals surface area contributed by atoms with Gasteiger partial charge in [-0.2, -0.15) is 0 Å². The monoisotopic (exact) mass is 464 g/mol. The van der Waals surface area contributed by atoms with E-state index in [2.05, 4.69) is 9.71 Å². The second kappa shape index (κ2) is 8.72. The van der Waals surface area contributed by atoms with Crippen molar-refractivity contribution in [2.75, 3.05) is 11.8 Å². The summed E-state index contributed by atoms with van der Waals surface area (Å²) >= 11 is 6.00. The number of hydrogen-bond acceptors (Lipinski definition) is 5. The number of nitrogens with one attached hydrogen (secondary N) is 1. The first-order valence-corrected chi connectivity index (χ1v) is 11.2. The molecule has 0 spiro atoms. The second-order valence-electron chi connectivity index (χ2n) is 7.78. The maximum atomic E-state index is 14.0. The van der Waals surface area contributed by atoms with Gasteiger partial charge in [-0.15, -0.1) is 0 Å². The zero-order valence-corrected chi connectivity index (χ0v) is 19.0. The van der Waals surface area contributed by atoms with Crippen LogP contribution < -0.4 is 14.2 Å². The molecule has 0 aliphatic heterocycles. The third-order valence-corrected chi connectivity index (χ3v) is 6.02. The highest BCUT2D eigenvalue weighted by molar-refractivity contribution is 7.92. The molecule has 1 aromatic heterocycles. The summed E-state index contributed by atoms with van der Waals surface area (Å²) in [6.45, 7) is 6.12. The van der Waals surface area contributed by atoms with Crippen LogP contribution in [-0.4, -0.2) is 20.5 Å². The lowest BCUT2D eigenvalue weighted by Gasteiger charge is -2.19.